The Bertz CT molecular complexity index is 306. The van der Waals surface area contributed by atoms with Crippen molar-refractivity contribution in [3.05, 3.63) is 0 Å². The SMILES string of the molecule is CC(NC1CCC(C(C)C)CC1)C(=O)N1CCOCC1. The molecule has 0 spiro atoms. The van der Waals surface area contributed by atoms with E-state index in [0.29, 0.717) is 19.3 Å². The van der Waals surface area contributed by atoms with Gasteiger partial charge in [0.05, 0.1) is 19.3 Å². The van der Waals surface area contributed by atoms with Crippen LogP contribution in [0, 0.1) is 11.8 Å². The molecule has 20 heavy (non-hydrogen) atoms. The van der Waals surface area contributed by atoms with E-state index in [2.05, 4.69) is 19.2 Å². The van der Waals surface area contributed by atoms with Crippen molar-refractivity contribution in [1.82, 2.24) is 10.2 Å². The van der Waals surface area contributed by atoms with E-state index in [1.54, 1.807) is 0 Å². The first-order chi connectivity index (χ1) is 9.58. The lowest BCUT2D eigenvalue weighted by Gasteiger charge is -2.34. The molecule has 1 heterocycles. The van der Waals surface area contributed by atoms with E-state index in [1.807, 2.05) is 11.8 Å². The van der Waals surface area contributed by atoms with Crippen LogP contribution in [-0.2, 0) is 9.53 Å². The van der Waals surface area contributed by atoms with E-state index >= 15 is 0 Å². The zero-order chi connectivity index (χ0) is 14.5. The van der Waals surface area contributed by atoms with E-state index in [-0.39, 0.29) is 11.9 Å². The number of hydrogen-bond donors (Lipinski definition) is 1. The Morgan fingerprint density at radius 2 is 1.70 bits per heavy atom. The number of amides is 1. The average Bonchev–Trinajstić information content (AvgIpc) is 2.48. The van der Waals surface area contributed by atoms with Gasteiger partial charge in [-0.25, -0.2) is 0 Å². The lowest BCUT2D eigenvalue weighted by molar-refractivity contribution is -0.137. The first kappa shape index (κ1) is 15.8. The fourth-order valence-corrected chi connectivity index (χ4v) is 3.43. The maximum atomic E-state index is 12.4. The minimum absolute atomic E-state index is 0.0614. The number of carbonyl (C=O) groups excluding carboxylic acids is 1. The van der Waals surface area contributed by atoms with Crippen LogP contribution in [-0.4, -0.2) is 49.2 Å². The molecule has 4 heteroatoms. The highest BCUT2D eigenvalue weighted by atomic mass is 16.5. The largest absolute Gasteiger partial charge is 0.378 e. The summed E-state index contributed by atoms with van der Waals surface area (Å²) in [5.41, 5.74) is 0. The quantitative estimate of drug-likeness (QED) is 0.858. The van der Waals surface area contributed by atoms with Crippen LogP contribution in [0.4, 0.5) is 0 Å². The number of ether oxygens (including phenoxy) is 1. The number of rotatable bonds is 4. The van der Waals surface area contributed by atoms with Gasteiger partial charge in [0.2, 0.25) is 5.91 Å². The fourth-order valence-electron chi connectivity index (χ4n) is 3.43. The molecule has 2 rings (SSSR count). The monoisotopic (exact) mass is 282 g/mol. The van der Waals surface area contributed by atoms with Crippen molar-refractivity contribution in [2.75, 3.05) is 26.3 Å². The number of hydrogen-bond acceptors (Lipinski definition) is 3. The highest BCUT2D eigenvalue weighted by molar-refractivity contribution is 5.81. The molecule has 0 aromatic rings. The van der Waals surface area contributed by atoms with Crippen LogP contribution in [0.5, 0.6) is 0 Å². The second-order valence-electron chi connectivity index (χ2n) is 6.68. The van der Waals surface area contributed by atoms with Gasteiger partial charge in [-0.2, -0.15) is 0 Å². The summed E-state index contributed by atoms with van der Waals surface area (Å²) in [7, 11) is 0. The van der Waals surface area contributed by atoms with Crippen LogP contribution >= 0.6 is 0 Å². The maximum Gasteiger partial charge on any atom is 0.239 e. The van der Waals surface area contributed by atoms with Crippen molar-refractivity contribution in [3.63, 3.8) is 0 Å². The summed E-state index contributed by atoms with van der Waals surface area (Å²) in [5.74, 6) is 1.90. The van der Waals surface area contributed by atoms with Gasteiger partial charge in [0.1, 0.15) is 0 Å². The molecule has 2 aliphatic rings. The Balaban J connectivity index is 1.74. The first-order valence-corrected chi connectivity index (χ1v) is 8.20. The zero-order valence-electron chi connectivity index (χ0n) is 13.2. The molecule has 1 aliphatic heterocycles. The molecule has 1 saturated carbocycles. The summed E-state index contributed by atoms with van der Waals surface area (Å²) in [5, 5.41) is 3.54. The van der Waals surface area contributed by atoms with Gasteiger partial charge in [0, 0.05) is 19.1 Å². The summed E-state index contributed by atoms with van der Waals surface area (Å²) in [6, 6.07) is 0.457. The Kier molecular flexibility index (Phi) is 5.85. The van der Waals surface area contributed by atoms with E-state index in [0.717, 1.165) is 24.9 Å². The molecule has 116 valence electrons. The van der Waals surface area contributed by atoms with E-state index in [4.69, 9.17) is 4.74 Å². The minimum atomic E-state index is -0.0614. The Hall–Kier alpha value is -0.610. The van der Waals surface area contributed by atoms with Gasteiger partial charge in [-0.3, -0.25) is 4.79 Å². The van der Waals surface area contributed by atoms with Gasteiger partial charge in [-0.15, -0.1) is 0 Å². The Labute approximate surface area is 123 Å². The standard InChI is InChI=1S/C16H30N2O2/c1-12(2)14-4-6-15(7-5-14)17-13(3)16(19)18-8-10-20-11-9-18/h12-15,17H,4-11H2,1-3H3. The van der Waals surface area contributed by atoms with Crippen LogP contribution in [0.25, 0.3) is 0 Å². The summed E-state index contributed by atoms with van der Waals surface area (Å²) < 4.78 is 5.30. The second-order valence-corrected chi connectivity index (χ2v) is 6.68. The lowest BCUT2D eigenvalue weighted by atomic mass is 9.79. The predicted octanol–water partition coefficient (Wildman–Crippen LogP) is 2.04. The maximum absolute atomic E-state index is 12.4. The third-order valence-corrected chi connectivity index (χ3v) is 4.89. The van der Waals surface area contributed by atoms with Gasteiger partial charge in [0.15, 0.2) is 0 Å². The molecule has 0 radical (unpaired) electrons. The van der Waals surface area contributed by atoms with Gasteiger partial charge < -0.3 is 15.0 Å². The van der Waals surface area contributed by atoms with Crippen LogP contribution in [0.1, 0.15) is 46.5 Å². The molecular formula is C16H30N2O2. The Morgan fingerprint density at radius 3 is 2.25 bits per heavy atom. The zero-order valence-corrected chi connectivity index (χ0v) is 13.2. The fraction of sp³-hybridized carbons (Fsp3) is 0.938. The molecule has 1 saturated heterocycles. The van der Waals surface area contributed by atoms with Crippen LogP contribution < -0.4 is 5.32 Å². The molecule has 1 aliphatic carbocycles. The van der Waals surface area contributed by atoms with Crippen molar-refractivity contribution in [1.29, 1.82) is 0 Å². The van der Waals surface area contributed by atoms with Crippen LogP contribution in [0.15, 0.2) is 0 Å². The van der Waals surface area contributed by atoms with Crippen LogP contribution in [0.2, 0.25) is 0 Å². The summed E-state index contributed by atoms with van der Waals surface area (Å²) in [6.45, 7) is 9.49. The van der Waals surface area contributed by atoms with Gasteiger partial charge >= 0.3 is 0 Å². The highest BCUT2D eigenvalue weighted by Crippen LogP contribution is 2.30. The number of carbonyl (C=O) groups is 1. The summed E-state index contributed by atoms with van der Waals surface area (Å²) in [4.78, 5) is 14.3. The number of nitrogens with one attached hydrogen (secondary N) is 1. The van der Waals surface area contributed by atoms with E-state index in [1.165, 1.54) is 25.7 Å². The van der Waals surface area contributed by atoms with Gasteiger partial charge in [-0.1, -0.05) is 13.8 Å². The molecule has 0 bridgehead atoms. The molecule has 1 N–H and O–H groups in total. The molecule has 2 fully saturated rings. The molecule has 0 aromatic carbocycles. The molecule has 1 atom stereocenters. The first-order valence-electron chi connectivity index (χ1n) is 8.20. The molecule has 1 unspecified atom stereocenters. The van der Waals surface area contributed by atoms with E-state index < -0.39 is 0 Å². The lowest BCUT2D eigenvalue weighted by Crippen LogP contribution is -2.52. The molecule has 1 amide bonds. The average molecular weight is 282 g/mol. The molecule has 0 aromatic heterocycles. The topological polar surface area (TPSA) is 41.6 Å². The van der Waals surface area contributed by atoms with E-state index in [9.17, 15) is 4.79 Å². The van der Waals surface area contributed by atoms with Crippen molar-refractivity contribution in [3.8, 4) is 0 Å². The summed E-state index contributed by atoms with van der Waals surface area (Å²) >= 11 is 0. The summed E-state index contributed by atoms with van der Waals surface area (Å²) in [6.07, 6.45) is 5.02. The highest BCUT2D eigenvalue weighted by Gasteiger charge is 2.27. The van der Waals surface area contributed by atoms with Crippen molar-refractivity contribution < 1.29 is 9.53 Å². The minimum Gasteiger partial charge on any atom is -0.378 e. The van der Waals surface area contributed by atoms with Gasteiger partial charge in [0.25, 0.3) is 0 Å². The normalized spacial score (nSPS) is 29.5. The van der Waals surface area contributed by atoms with Crippen molar-refractivity contribution in [2.45, 2.75) is 58.5 Å². The van der Waals surface area contributed by atoms with Crippen molar-refractivity contribution in [2.24, 2.45) is 11.8 Å². The smallest absolute Gasteiger partial charge is 0.239 e. The number of nitrogens with zero attached hydrogens (tertiary/aromatic N) is 1. The van der Waals surface area contributed by atoms with Crippen molar-refractivity contribution >= 4 is 5.91 Å². The Morgan fingerprint density at radius 1 is 1.10 bits per heavy atom. The van der Waals surface area contributed by atoms with Gasteiger partial charge in [-0.05, 0) is 44.4 Å². The molecular weight excluding hydrogens is 252 g/mol. The predicted molar refractivity (Wildman–Crippen MR) is 80.6 cm³/mol. The van der Waals surface area contributed by atoms with Crippen LogP contribution in [0.3, 0.4) is 0 Å². The number of morpholine rings is 1. The molecule has 4 nitrogen and oxygen atoms in total. The second kappa shape index (κ2) is 7.41. The third kappa shape index (κ3) is 4.19. The third-order valence-electron chi connectivity index (χ3n) is 4.89.